The van der Waals surface area contributed by atoms with Crippen molar-refractivity contribution in [1.82, 2.24) is 4.31 Å². The van der Waals surface area contributed by atoms with Gasteiger partial charge in [0.25, 0.3) is 5.91 Å². The summed E-state index contributed by atoms with van der Waals surface area (Å²) in [7, 11) is -3.59. The number of rotatable bonds is 7. The second kappa shape index (κ2) is 9.17. The maximum atomic E-state index is 12.6. The summed E-state index contributed by atoms with van der Waals surface area (Å²) in [4.78, 5) is 23.6. The lowest BCUT2D eigenvalue weighted by Crippen LogP contribution is -2.40. The maximum Gasteiger partial charge on any atom is 0.265 e. The molecule has 0 radical (unpaired) electrons. The van der Waals surface area contributed by atoms with Crippen molar-refractivity contribution in [2.24, 2.45) is 0 Å². The second-order valence-electron chi connectivity index (χ2n) is 6.45. The molecule has 2 aromatic rings. The van der Waals surface area contributed by atoms with E-state index in [0.29, 0.717) is 49.6 Å². The van der Waals surface area contributed by atoms with E-state index >= 15 is 0 Å². The number of para-hydroxylation sites is 1. The van der Waals surface area contributed by atoms with E-state index in [0.717, 1.165) is 0 Å². The first-order chi connectivity index (χ1) is 13.9. The number of hydrogen-bond donors (Lipinski definition) is 1. The quantitative estimate of drug-likeness (QED) is 0.690. The number of carbonyl (C=O) groups excluding carboxylic acids is 2. The first-order valence-corrected chi connectivity index (χ1v) is 10.6. The molecular formula is C20H22N2O6S. The fourth-order valence-electron chi connectivity index (χ4n) is 2.82. The van der Waals surface area contributed by atoms with Crippen molar-refractivity contribution in [3.8, 4) is 5.75 Å². The molecule has 1 saturated heterocycles. The van der Waals surface area contributed by atoms with Crippen molar-refractivity contribution in [2.75, 3.05) is 31.6 Å². The van der Waals surface area contributed by atoms with E-state index in [1.54, 1.807) is 31.2 Å². The van der Waals surface area contributed by atoms with Crippen molar-refractivity contribution < 1.29 is 27.5 Å². The van der Waals surface area contributed by atoms with Gasteiger partial charge in [-0.3, -0.25) is 9.59 Å². The number of benzene rings is 2. The summed E-state index contributed by atoms with van der Waals surface area (Å²) in [5.74, 6) is -0.105. The van der Waals surface area contributed by atoms with E-state index in [1.807, 2.05) is 0 Å². The molecule has 0 unspecified atom stereocenters. The minimum absolute atomic E-state index is 0.154. The van der Waals surface area contributed by atoms with Gasteiger partial charge in [0.2, 0.25) is 10.0 Å². The van der Waals surface area contributed by atoms with Crippen LogP contribution >= 0.6 is 0 Å². The standard InChI is InChI=1S/C20H22N2O6S/c1-15(28-19-5-3-2-4-16(19)14-23)20(24)21-17-6-8-18(9-7-17)29(25,26)22-10-12-27-13-11-22/h2-9,14-15H,10-13H2,1H3,(H,21,24)/t15-/m0/s1. The van der Waals surface area contributed by atoms with Crippen LogP contribution in [0, 0.1) is 0 Å². The number of hydrogen-bond acceptors (Lipinski definition) is 6. The number of morpholine rings is 1. The summed E-state index contributed by atoms with van der Waals surface area (Å²) in [6.45, 7) is 2.95. The molecule has 1 atom stereocenters. The highest BCUT2D eigenvalue weighted by Gasteiger charge is 2.26. The number of ether oxygens (including phenoxy) is 2. The second-order valence-corrected chi connectivity index (χ2v) is 8.38. The summed E-state index contributed by atoms with van der Waals surface area (Å²) in [6.07, 6.45) is -0.194. The van der Waals surface area contributed by atoms with Crippen LogP contribution in [0.5, 0.6) is 5.75 Å². The Morgan fingerprint density at radius 3 is 2.45 bits per heavy atom. The van der Waals surface area contributed by atoms with Gasteiger partial charge < -0.3 is 14.8 Å². The van der Waals surface area contributed by atoms with Gasteiger partial charge in [0.05, 0.1) is 23.7 Å². The smallest absolute Gasteiger partial charge is 0.265 e. The minimum atomic E-state index is -3.59. The average molecular weight is 418 g/mol. The predicted octanol–water partition coefficient (Wildman–Crippen LogP) is 1.93. The molecule has 1 amide bonds. The van der Waals surface area contributed by atoms with Crippen molar-refractivity contribution in [3.63, 3.8) is 0 Å². The van der Waals surface area contributed by atoms with Crippen LogP contribution in [-0.2, 0) is 19.6 Å². The van der Waals surface area contributed by atoms with Crippen LogP contribution in [0.3, 0.4) is 0 Å². The highest BCUT2D eigenvalue weighted by Crippen LogP contribution is 2.21. The Hall–Kier alpha value is -2.75. The zero-order valence-corrected chi connectivity index (χ0v) is 16.7. The van der Waals surface area contributed by atoms with Crippen LogP contribution in [0.15, 0.2) is 53.4 Å². The molecule has 0 aromatic heterocycles. The minimum Gasteiger partial charge on any atom is -0.480 e. The third kappa shape index (κ3) is 5.00. The molecule has 1 aliphatic rings. The summed E-state index contributed by atoms with van der Waals surface area (Å²) >= 11 is 0. The molecule has 3 rings (SSSR count). The highest BCUT2D eigenvalue weighted by molar-refractivity contribution is 7.89. The van der Waals surface area contributed by atoms with Gasteiger partial charge in [0.15, 0.2) is 12.4 Å². The van der Waals surface area contributed by atoms with E-state index in [4.69, 9.17) is 9.47 Å². The van der Waals surface area contributed by atoms with E-state index in [1.165, 1.54) is 28.6 Å². The molecule has 8 nitrogen and oxygen atoms in total. The molecule has 154 valence electrons. The topological polar surface area (TPSA) is 102 Å². The Balaban J connectivity index is 1.64. The Morgan fingerprint density at radius 2 is 1.79 bits per heavy atom. The van der Waals surface area contributed by atoms with Crippen LogP contribution in [0.4, 0.5) is 5.69 Å². The fraction of sp³-hybridized carbons (Fsp3) is 0.300. The van der Waals surface area contributed by atoms with Gasteiger partial charge in [0.1, 0.15) is 5.75 Å². The zero-order chi connectivity index (χ0) is 20.9. The number of carbonyl (C=O) groups is 2. The van der Waals surface area contributed by atoms with Gasteiger partial charge in [0, 0.05) is 18.8 Å². The summed E-state index contributed by atoms with van der Waals surface area (Å²) in [5.41, 5.74) is 0.792. The third-order valence-corrected chi connectivity index (χ3v) is 6.36. The summed E-state index contributed by atoms with van der Waals surface area (Å²) in [6, 6.07) is 12.6. The number of anilines is 1. The van der Waals surface area contributed by atoms with E-state index in [-0.39, 0.29) is 4.90 Å². The Bertz CT molecular complexity index is 969. The Morgan fingerprint density at radius 1 is 1.14 bits per heavy atom. The molecule has 0 bridgehead atoms. The SMILES string of the molecule is C[C@H](Oc1ccccc1C=O)C(=O)Nc1ccc(S(=O)(=O)N2CCOCC2)cc1. The number of nitrogens with zero attached hydrogens (tertiary/aromatic N) is 1. The molecular weight excluding hydrogens is 396 g/mol. The van der Waals surface area contributed by atoms with Crippen molar-refractivity contribution >= 4 is 27.9 Å². The van der Waals surface area contributed by atoms with Gasteiger partial charge in [-0.15, -0.1) is 0 Å². The number of nitrogens with one attached hydrogen (secondary N) is 1. The Labute approximate surface area is 169 Å². The molecule has 1 fully saturated rings. The lowest BCUT2D eigenvalue weighted by atomic mass is 10.2. The maximum absolute atomic E-state index is 12.6. The van der Waals surface area contributed by atoms with Crippen LogP contribution in [-0.4, -0.2) is 57.3 Å². The Kier molecular flexibility index (Phi) is 6.63. The van der Waals surface area contributed by atoms with E-state index in [2.05, 4.69) is 5.32 Å². The van der Waals surface area contributed by atoms with Gasteiger partial charge in [-0.2, -0.15) is 4.31 Å². The van der Waals surface area contributed by atoms with E-state index in [9.17, 15) is 18.0 Å². The van der Waals surface area contributed by atoms with E-state index < -0.39 is 22.0 Å². The first-order valence-electron chi connectivity index (χ1n) is 9.11. The van der Waals surface area contributed by atoms with Crippen molar-refractivity contribution in [2.45, 2.75) is 17.9 Å². The fourth-order valence-corrected chi connectivity index (χ4v) is 4.23. The van der Waals surface area contributed by atoms with Crippen LogP contribution in [0.1, 0.15) is 17.3 Å². The number of sulfonamides is 1. The number of amides is 1. The molecule has 0 aliphatic carbocycles. The molecule has 1 N–H and O–H groups in total. The molecule has 9 heteroatoms. The predicted molar refractivity (Wildman–Crippen MR) is 107 cm³/mol. The molecule has 2 aromatic carbocycles. The van der Waals surface area contributed by atoms with Crippen molar-refractivity contribution in [3.05, 3.63) is 54.1 Å². The highest BCUT2D eigenvalue weighted by atomic mass is 32.2. The van der Waals surface area contributed by atoms with Gasteiger partial charge in [-0.1, -0.05) is 12.1 Å². The van der Waals surface area contributed by atoms with Gasteiger partial charge >= 0.3 is 0 Å². The molecule has 0 spiro atoms. The first kappa shape index (κ1) is 21.0. The van der Waals surface area contributed by atoms with Crippen LogP contribution < -0.4 is 10.1 Å². The van der Waals surface area contributed by atoms with Crippen LogP contribution in [0.2, 0.25) is 0 Å². The van der Waals surface area contributed by atoms with Crippen LogP contribution in [0.25, 0.3) is 0 Å². The number of aldehydes is 1. The lowest BCUT2D eigenvalue weighted by Gasteiger charge is -2.26. The largest absolute Gasteiger partial charge is 0.480 e. The normalized spacial score (nSPS) is 16.0. The van der Waals surface area contributed by atoms with Crippen molar-refractivity contribution in [1.29, 1.82) is 0 Å². The average Bonchev–Trinajstić information content (AvgIpc) is 2.75. The lowest BCUT2D eigenvalue weighted by molar-refractivity contribution is -0.122. The molecule has 1 heterocycles. The monoisotopic (exact) mass is 418 g/mol. The third-order valence-electron chi connectivity index (χ3n) is 4.45. The molecule has 1 aliphatic heterocycles. The van der Waals surface area contributed by atoms with Gasteiger partial charge in [-0.25, -0.2) is 8.42 Å². The van der Waals surface area contributed by atoms with Gasteiger partial charge in [-0.05, 0) is 43.3 Å². The summed E-state index contributed by atoms with van der Waals surface area (Å²) in [5, 5.41) is 2.68. The zero-order valence-electron chi connectivity index (χ0n) is 15.9. The summed E-state index contributed by atoms with van der Waals surface area (Å²) < 4.78 is 37.4. The molecule has 29 heavy (non-hydrogen) atoms. The molecule has 0 saturated carbocycles.